The van der Waals surface area contributed by atoms with E-state index >= 15 is 0 Å². The lowest BCUT2D eigenvalue weighted by molar-refractivity contribution is 0.0939. The summed E-state index contributed by atoms with van der Waals surface area (Å²) < 4.78 is 0. The van der Waals surface area contributed by atoms with Crippen molar-refractivity contribution < 1.29 is 9.90 Å². The Balaban J connectivity index is 2.93. The van der Waals surface area contributed by atoms with E-state index in [0.29, 0.717) is 5.69 Å². The number of amides is 1. The second kappa shape index (κ2) is 4.67. The summed E-state index contributed by atoms with van der Waals surface area (Å²) in [5.41, 5.74) is 4.99. The smallest absolute Gasteiger partial charge is 0.252 e. The molecule has 1 aromatic rings. The van der Waals surface area contributed by atoms with Gasteiger partial charge in [0.1, 0.15) is 5.15 Å². The molecule has 88 valence electrons. The summed E-state index contributed by atoms with van der Waals surface area (Å²) in [6, 6.07) is 1.49. The molecule has 5 nitrogen and oxygen atoms in total. The summed E-state index contributed by atoms with van der Waals surface area (Å²) in [5, 5.41) is 12.7. The van der Waals surface area contributed by atoms with E-state index in [1.165, 1.54) is 12.3 Å². The summed E-state index contributed by atoms with van der Waals surface area (Å²) >= 11 is 5.71. The van der Waals surface area contributed by atoms with Gasteiger partial charge in [-0.3, -0.25) is 4.79 Å². The molecular formula is C10H14ClN3O2. The van der Waals surface area contributed by atoms with Crippen LogP contribution < -0.4 is 11.1 Å². The van der Waals surface area contributed by atoms with Crippen molar-refractivity contribution in [3.8, 4) is 0 Å². The first-order valence-electron chi connectivity index (χ1n) is 4.71. The summed E-state index contributed by atoms with van der Waals surface area (Å²) in [4.78, 5) is 14.9. The Kier molecular flexibility index (Phi) is 3.72. The zero-order chi connectivity index (χ0) is 12.3. The Bertz CT molecular complexity index is 402. The molecule has 0 saturated carbocycles. The van der Waals surface area contributed by atoms with E-state index in [1.54, 1.807) is 13.8 Å². The zero-order valence-corrected chi connectivity index (χ0v) is 9.88. The van der Waals surface area contributed by atoms with Gasteiger partial charge < -0.3 is 16.2 Å². The monoisotopic (exact) mass is 243 g/mol. The molecule has 0 saturated heterocycles. The number of primary amides is 1. The first-order chi connectivity index (χ1) is 7.29. The molecule has 4 N–H and O–H groups in total. The van der Waals surface area contributed by atoms with Gasteiger partial charge in [-0.2, -0.15) is 0 Å². The van der Waals surface area contributed by atoms with Crippen LogP contribution in [-0.4, -0.2) is 28.1 Å². The van der Waals surface area contributed by atoms with Gasteiger partial charge in [0.15, 0.2) is 0 Å². The number of halogens is 1. The van der Waals surface area contributed by atoms with Crippen LogP contribution in [0.15, 0.2) is 12.3 Å². The SMILES string of the molecule is CC(C)(O)CNc1cc(Cl)ncc1C(N)=O. The summed E-state index contributed by atoms with van der Waals surface area (Å²) in [7, 11) is 0. The Morgan fingerprint density at radius 3 is 2.81 bits per heavy atom. The van der Waals surface area contributed by atoms with E-state index in [0.717, 1.165) is 0 Å². The lowest BCUT2D eigenvalue weighted by Gasteiger charge is -2.19. The maximum atomic E-state index is 11.1. The average molecular weight is 244 g/mol. The van der Waals surface area contributed by atoms with Crippen LogP contribution in [0.25, 0.3) is 0 Å². The second-order valence-electron chi connectivity index (χ2n) is 4.08. The number of anilines is 1. The van der Waals surface area contributed by atoms with Crippen LogP contribution in [0.4, 0.5) is 5.69 Å². The van der Waals surface area contributed by atoms with Gasteiger partial charge in [-0.25, -0.2) is 4.98 Å². The number of aromatic nitrogens is 1. The molecule has 0 unspecified atom stereocenters. The molecule has 6 heteroatoms. The van der Waals surface area contributed by atoms with Crippen molar-refractivity contribution in [2.45, 2.75) is 19.4 Å². The third-order valence-electron chi connectivity index (χ3n) is 1.85. The summed E-state index contributed by atoms with van der Waals surface area (Å²) in [6.45, 7) is 3.56. The Morgan fingerprint density at radius 2 is 2.31 bits per heavy atom. The number of nitrogens with one attached hydrogen (secondary N) is 1. The van der Waals surface area contributed by atoms with Crippen LogP contribution in [0.3, 0.4) is 0 Å². The number of aliphatic hydroxyl groups is 1. The lowest BCUT2D eigenvalue weighted by Crippen LogP contribution is -2.30. The molecule has 1 rings (SSSR count). The zero-order valence-electron chi connectivity index (χ0n) is 9.12. The Labute approximate surface area is 98.6 Å². The fourth-order valence-corrected chi connectivity index (χ4v) is 1.24. The highest BCUT2D eigenvalue weighted by molar-refractivity contribution is 6.29. The predicted octanol–water partition coefficient (Wildman–Crippen LogP) is 1.02. The molecule has 0 radical (unpaired) electrons. The lowest BCUT2D eigenvalue weighted by atomic mass is 10.1. The number of hydrogen-bond donors (Lipinski definition) is 3. The number of carbonyl (C=O) groups excluding carboxylic acids is 1. The molecular weight excluding hydrogens is 230 g/mol. The minimum atomic E-state index is -0.898. The van der Waals surface area contributed by atoms with Crippen LogP contribution in [0.5, 0.6) is 0 Å². The topological polar surface area (TPSA) is 88.2 Å². The molecule has 16 heavy (non-hydrogen) atoms. The molecule has 1 amide bonds. The van der Waals surface area contributed by atoms with Crippen molar-refractivity contribution in [3.63, 3.8) is 0 Å². The van der Waals surface area contributed by atoms with Crippen LogP contribution in [0, 0.1) is 0 Å². The quantitative estimate of drug-likeness (QED) is 0.689. The number of pyridine rings is 1. The number of nitrogens with two attached hydrogens (primary N) is 1. The third kappa shape index (κ3) is 3.67. The van der Waals surface area contributed by atoms with Gasteiger partial charge in [-0.15, -0.1) is 0 Å². The van der Waals surface area contributed by atoms with Crippen molar-refractivity contribution in [2.75, 3.05) is 11.9 Å². The summed E-state index contributed by atoms with van der Waals surface area (Å²) in [6.07, 6.45) is 1.30. The molecule has 0 aliphatic heterocycles. The van der Waals surface area contributed by atoms with E-state index in [2.05, 4.69) is 10.3 Å². The molecule has 0 bridgehead atoms. The fraction of sp³-hybridized carbons (Fsp3) is 0.400. The molecule has 0 aromatic carbocycles. The third-order valence-corrected chi connectivity index (χ3v) is 2.05. The second-order valence-corrected chi connectivity index (χ2v) is 4.47. The number of hydrogen-bond acceptors (Lipinski definition) is 4. The first-order valence-corrected chi connectivity index (χ1v) is 5.09. The van der Waals surface area contributed by atoms with Gasteiger partial charge in [-0.05, 0) is 19.9 Å². The van der Waals surface area contributed by atoms with E-state index in [-0.39, 0.29) is 17.3 Å². The molecule has 0 aliphatic rings. The van der Waals surface area contributed by atoms with Crippen molar-refractivity contribution in [2.24, 2.45) is 5.73 Å². The van der Waals surface area contributed by atoms with E-state index in [1.807, 2.05) is 0 Å². The number of rotatable bonds is 4. The minimum Gasteiger partial charge on any atom is -0.389 e. The van der Waals surface area contributed by atoms with Crippen molar-refractivity contribution >= 4 is 23.2 Å². The van der Waals surface area contributed by atoms with Gasteiger partial charge in [-0.1, -0.05) is 11.6 Å². The highest BCUT2D eigenvalue weighted by atomic mass is 35.5. The normalized spacial score (nSPS) is 11.2. The standard InChI is InChI=1S/C10H14ClN3O2/c1-10(2,16)5-14-7-3-8(11)13-4-6(7)9(12)15/h3-4,16H,5H2,1-2H3,(H2,12,15)(H,13,14). The minimum absolute atomic E-state index is 0.244. The van der Waals surface area contributed by atoms with Crippen LogP contribution in [0.2, 0.25) is 5.15 Å². The summed E-state index contributed by atoms with van der Waals surface area (Å²) in [5.74, 6) is -0.595. The van der Waals surface area contributed by atoms with Gasteiger partial charge in [0.05, 0.1) is 16.9 Å². The average Bonchev–Trinajstić information content (AvgIpc) is 2.13. The van der Waals surface area contributed by atoms with Gasteiger partial charge >= 0.3 is 0 Å². The van der Waals surface area contributed by atoms with Crippen LogP contribution in [0.1, 0.15) is 24.2 Å². The Hall–Kier alpha value is -1.33. The molecule has 0 aliphatic carbocycles. The molecule has 0 atom stereocenters. The van der Waals surface area contributed by atoms with Crippen LogP contribution in [-0.2, 0) is 0 Å². The highest BCUT2D eigenvalue weighted by Crippen LogP contribution is 2.19. The maximum Gasteiger partial charge on any atom is 0.252 e. The van der Waals surface area contributed by atoms with Gasteiger partial charge in [0.25, 0.3) is 5.91 Å². The first kappa shape index (κ1) is 12.7. The molecule has 0 spiro atoms. The number of nitrogens with zero attached hydrogens (tertiary/aromatic N) is 1. The molecule has 1 aromatic heterocycles. The van der Waals surface area contributed by atoms with E-state index in [4.69, 9.17) is 17.3 Å². The van der Waals surface area contributed by atoms with E-state index < -0.39 is 11.5 Å². The van der Waals surface area contributed by atoms with Crippen molar-refractivity contribution in [1.29, 1.82) is 0 Å². The highest BCUT2D eigenvalue weighted by Gasteiger charge is 2.15. The largest absolute Gasteiger partial charge is 0.389 e. The molecule has 1 heterocycles. The van der Waals surface area contributed by atoms with Gasteiger partial charge in [0.2, 0.25) is 0 Å². The predicted molar refractivity (Wildman–Crippen MR) is 62.6 cm³/mol. The Morgan fingerprint density at radius 1 is 1.69 bits per heavy atom. The fourth-order valence-electron chi connectivity index (χ4n) is 1.08. The number of carbonyl (C=O) groups is 1. The van der Waals surface area contributed by atoms with Gasteiger partial charge in [0, 0.05) is 12.7 Å². The van der Waals surface area contributed by atoms with E-state index in [9.17, 15) is 9.90 Å². The molecule has 0 fully saturated rings. The van der Waals surface area contributed by atoms with Crippen LogP contribution >= 0.6 is 11.6 Å². The van der Waals surface area contributed by atoms with Crippen molar-refractivity contribution in [3.05, 3.63) is 23.0 Å². The maximum absolute atomic E-state index is 11.1. The van der Waals surface area contributed by atoms with Crippen molar-refractivity contribution in [1.82, 2.24) is 4.98 Å².